The molecule has 2 saturated heterocycles. The second kappa shape index (κ2) is 11.3. The molecule has 1 amide bonds. The normalized spacial score (nSPS) is 23.7. The highest BCUT2D eigenvalue weighted by atomic mass is 16.5. The van der Waals surface area contributed by atoms with E-state index in [2.05, 4.69) is 53.3 Å². The third kappa shape index (κ3) is 5.75. The van der Waals surface area contributed by atoms with E-state index in [1.54, 1.807) is 5.56 Å². The van der Waals surface area contributed by atoms with Crippen LogP contribution >= 0.6 is 0 Å². The summed E-state index contributed by atoms with van der Waals surface area (Å²) in [5.74, 6) is 3.76. The number of likely N-dealkylation sites (tertiary alicyclic amines) is 1. The summed E-state index contributed by atoms with van der Waals surface area (Å²) in [6, 6.07) is 13.0. The van der Waals surface area contributed by atoms with Gasteiger partial charge in [0, 0.05) is 38.4 Å². The SMILES string of the molecule is CC1CCC(c2ccccc2)C1.O=CN1CCC(c2ccnc3nc(C4CCOCC4)[nH]c23)CC1. The minimum Gasteiger partial charge on any atom is -0.381 e. The molecule has 3 fully saturated rings. The molecule has 2 atom stereocenters. The number of nitrogens with zero attached hydrogens (tertiary/aromatic N) is 3. The van der Waals surface area contributed by atoms with E-state index < -0.39 is 0 Å². The molecule has 0 bridgehead atoms. The molecule has 6 heteroatoms. The van der Waals surface area contributed by atoms with Crippen molar-refractivity contribution in [2.24, 2.45) is 5.92 Å². The Labute approximate surface area is 208 Å². The third-order valence-electron chi connectivity index (χ3n) is 8.13. The molecular weight excluding hydrogens is 436 g/mol. The zero-order valence-corrected chi connectivity index (χ0v) is 20.9. The largest absolute Gasteiger partial charge is 0.381 e. The number of fused-ring (bicyclic) bond motifs is 1. The number of imidazole rings is 1. The smallest absolute Gasteiger partial charge is 0.209 e. The fourth-order valence-corrected chi connectivity index (χ4v) is 6.00. The summed E-state index contributed by atoms with van der Waals surface area (Å²) in [5, 5.41) is 0. The van der Waals surface area contributed by atoms with Crippen LogP contribution in [-0.2, 0) is 9.53 Å². The molecule has 2 aromatic heterocycles. The summed E-state index contributed by atoms with van der Waals surface area (Å²) in [6.45, 7) is 5.65. The van der Waals surface area contributed by atoms with Crippen LogP contribution in [0.15, 0.2) is 42.6 Å². The number of pyridine rings is 1. The average molecular weight is 475 g/mol. The molecule has 0 spiro atoms. The molecule has 6 nitrogen and oxygen atoms in total. The van der Waals surface area contributed by atoms with E-state index in [1.807, 2.05) is 11.1 Å². The van der Waals surface area contributed by atoms with Gasteiger partial charge in [-0.1, -0.05) is 43.7 Å². The topological polar surface area (TPSA) is 71.1 Å². The van der Waals surface area contributed by atoms with Crippen molar-refractivity contribution in [3.8, 4) is 0 Å². The van der Waals surface area contributed by atoms with E-state index in [-0.39, 0.29) is 0 Å². The van der Waals surface area contributed by atoms with Crippen LogP contribution in [0.3, 0.4) is 0 Å². The van der Waals surface area contributed by atoms with Crippen LogP contribution in [0.2, 0.25) is 0 Å². The number of carbonyl (C=O) groups is 1. The van der Waals surface area contributed by atoms with Crippen LogP contribution in [0.25, 0.3) is 11.2 Å². The van der Waals surface area contributed by atoms with Crippen LogP contribution < -0.4 is 0 Å². The number of carbonyl (C=O) groups excluding carboxylic acids is 1. The van der Waals surface area contributed by atoms with E-state index >= 15 is 0 Å². The van der Waals surface area contributed by atoms with Crippen LogP contribution in [0.5, 0.6) is 0 Å². The molecule has 2 unspecified atom stereocenters. The number of aromatic nitrogens is 3. The summed E-state index contributed by atoms with van der Waals surface area (Å²) in [7, 11) is 0. The molecule has 35 heavy (non-hydrogen) atoms. The van der Waals surface area contributed by atoms with Gasteiger partial charge in [-0.25, -0.2) is 9.97 Å². The first-order valence-electron chi connectivity index (χ1n) is 13.4. The minimum atomic E-state index is 0.447. The number of amides is 1. The fourth-order valence-electron chi connectivity index (χ4n) is 6.00. The number of piperidine rings is 1. The predicted molar refractivity (Wildman–Crippen MR) is 138 cm³/mol. The third-order valence-corrected chi connectivity index (χ3v) is 8.13. The molecule has 4 heterocycles. The number of H-pyrrole nitrogens is 1. The Bertz CT molecular complexity index is 1080. The van der Waals surface area contributed by atoms with Crippen LogP contribution in [0.1, 0.15) is 86.6 Å². The summed E-state index contributed by atoms with van der Waals surface area (Å²) in [5.41, 5.74) is 4.74. The Hall–Kier alpha value is -2.73. The molecule has 1 saturated carbocycles. The first-order chi connectivity index (χ1) is 17.2. The van der Waals surface area contributed by atoms with E-state index in [4.69, 9.17) is 9.72 Å². The molecule has 3 aromatic rings. The van der Waals surface area contributed by atoms with Gasteiger partial charge in [-0.15, -0.1) is 0 Å². The van der Waals surface area contributed by atoms with Gasteiger partial charge in [0.2, 0.25) is 6.41 Å². The van der Waals surface area contributed by atoms with Gasteiger partial charge < -0.3 is 14.6 Å². The lowest BCUT2D eigenvalue weighted by atomic mass is 9.89. The van der Waals surface area contributed by atoms with Crippen LogP contribution in [0, 0.1) is 5.92 Å². The Morgan fingerprint density at radius 1 is 0.943 bits per heavy atom. The Morgan fingerprint density at radius 2 is 1.71 bits per heavy atom. The van der Waals surface area contributed by atoms with Gasteiger partial charge in [0.15, 0.2) is 5.65 Å². The van der Waals surface area contributed by atoms with Crippen molar-refractivity contribution in [2.45, 2.75) is 69.6 Å². The van der Waals surface area contributed by atoms with Gasteiger partial charge in [-0.2, -0.15) is 0 Å². The highest BCUT2D eigenvalue weighted by molar-refractivity contribution is 5.75. The molecule has 1 N–H and O–H groups in total. The average Bonchev–Trinajstić information content (AvgIpc) is 3.57. The number of rotatable bonds is 4. The van der Waals surface area contributed by atoms with E-state index in [0.717, 1.165) is 87.2 Å². The monoisotopic (exact) mass is 474 g/mol. The summed E-state index contributed by atoms with van der Waals surface area (Å²) < 4.78 is 5.44. The highest BCUT2D eigenvalue weighted by Crippen LogP contribution is 2.37. The second-order valence-electron chi connectivity index (χ2n) is 10.5. The lowest BCUT2D eigenvalue weighted by molar-refractivity contribution is -0.119. The maximum absolute atomic E-state index is 10.9. The van der Waals surface area contributed by atoms with E-state index in [1.165, 1.54) is 24.8 Å². The van der Waals surface area contributed by atoms with Crippen molar-refractivity contribution < 1.29 is 9.53 Å². The Kier molecular flexibility index (Phi) is 7.77. The van der Waals surface area contributed by atoms with Gasteiger partial charge in [0.1, 0.15) is 5.82 Å². The molecular formula is C29H38N4O2. The number of benzene rings is 1. The van der Waals surface area contributed by atoms with Crippen LogP contribution in [0.4, 0.5) is 0 Å². The maximum atomic E-state index is 10.9. The molecule has 6 rings (SSSR count). The molecule has 186 valence electrons. The van der Waals surface area contributed by atoms with Crippen molar-refractivity contribution in [1.29, 1.82) is 0 Å². The standard InChI is InChI=1S/C17H22N4O2.C12H16/c22-11-21-7-2-12(3-8-21)14-1-6-18-17-15(14)19-16(20-17)13-4-9-23-10-5-13;1-10-7-8-12(9-10)11-5-3-2-4-6-11/h1,6,11-13H,2-5,7-10H2,(H,18,19,20);2-6,10,12H,7-9H2,1H3. The van der Waals surface area contributed by atoms with Crippen LogP contribution in [-0.4, -0.2) is 52.6 Å². The lowest BCUT2D eigenvalue weighted by Crippen LogP contribution is -2.31. The van der Waals surface area contributed by atoms with Gasteiger partial charge in [-0.3, -0.25) is 4.79 Å². The van der Waals surface area contributed by atoms with Gasteiger partial charge >= 0.3 is 0 Å². The Balaban J connectivity index is 0.000000178. The molecule has 1 aromatic carbocycles. The van der Waals surface area contributed by atoms with Gasteiger partial charge in [0.05, 0.1) is 5.52 Å². The van der Waals surface area contributed by atoms with Crippen molar-refractivity contribution >= 4 is 17.6 Å². The van der Waals surface area contributed by atoms with Crippen molar-refractivity contribution in [2.75, 3.05) is 26.3 Å². The number of hydrogen-bond donors (Lipinski definition) is 1. The summed E-state index contributed by atoms with van der Waals surface area (Å²) >= 11 is 0. The zero-order chi connectivity index (χ0) is 24.0. The quantitative estimate of drug-likeness (QED) is 0.487. The lowest BCUT2D eigenvalue weighted by Gasteiger charge is -2.29. The maximum Gasteiger partial charge on any atom is 0.209 e. The van der Waals surface area contributed by atoms with Crippen molar-refractivity contribution in [1.82, 2.24) is 19.9 Å². The van der Waals surface area contributed by atoms with E-state index in [9.17, 15) is 4.79 Å². The molecule has 0 radical (unpaired) electrons. The first kappa shape index (κ1) is 24.0. The highest BCUT2D eigenvalue weighted by Gasteiger charge is 2.25. The molecule has 3 aliphatic rings. The second-order valence-corrected chi connectivity index (χ2v) is 10.5. The Morgan fingerprint density at radius 3 is 2.40 bits per heavy atom. The van der Waals surface area contributed by atoms with E-state index in [0.29, 0.717) is 11.8 Å². The van der Waals surface area contributed by atoms with Gasteiger partial charge in [0.25, 0.3) is 0 Å². The van der Waals surface area contributed by atoms with Gasteiger partial charge in [-0.05, 0) is 73.5 Å². The molecule has 1 aliphatic carbocycles. The summed E-state index contributed by atoms with van der Waals surface area (Å²) in [6.07, 6.45) is 11.1. The van der Waals surface area contributed by atoms with Crippen molar-refractivity contribution in [3.05, 3.63) is 59.5 Å². The minimum absolute atomic E-state index is 0.447. The van der Waals surface area contributed by atoms with Crippen molar-refractivity contribution in [3.63, 3.8) is 0 Å². The number of aromatic amines is 1. The number of ether oxygens (including phenoxy) is 1. The number of hydrogen-bond acceptors (Lipinski definition) is 4. The predicted octanol–water partition coefficient (Wildman–Crippen LogP) is 5.78. The molecule has 2 aliphatic heterocycles. The number of nitrogens with one attached hydrogen (secondary N) is 1. The first-order valence-corrected chi connectivity index (χ1v) is 13.4. The zero-order valence-electron chi connectivity index (χ0n) is 20.9. The summed E-state index contributed by atoms with van der Waals surface area (Å²) in [4.78, 5) is 25.5. The fraction of sp³-hybridized carbons (Fsp3) is 0.552.